The van der Waals surface area contributed by atoms with Crippen molar-refractivity contribution in [2.75, 3.05) is 6.54 Å². The highest BCUT2D eigenvalue weighted by Gasteiger charge is 2.55. The second-order valence-corrected chi connectivity index (χ2v) is 8.05. The summed E-state index contributed by atoms with van der Waals surface area (Å²) in [5, 5.41) is 9.04. The standard InChI is InChI=1S/C17H25NO3/c19-15(20)3-4-18(16(21)14-1-2-14)17-8-11-5-12(9-17)7-13(6-11)10-17/h11-14H,1-10H2,(H,19,20). The van der Waals surface area contributed by atoms with E-state index in [1.54, 1.807) is 0 Å². The lowest BCUT2D eigenvalue weighted by atomic mass is 9.52. The third-order valence-electron chi connectivity index (χ3n) is 6.32. The first kappa shape index (κ1) is 13.6. The molecule has 5 saturated carbocycles. The Morgan fingerprint density at radius 3 is 1.95 bits per heavy atom. The molecule has 4 heteroatoms. The van der Waals surface area contributed by atoms with Crippen molar-refractivity contribution in [1.82, 2.24) is 4.90 Å². The van der Waals surface area contributed by atoms with Crippen molar-refractivity contribution in [3.8, 4) is 0 Å². The maximum Gasteiger partial charge on any atom is 0.305 e. The van der Waals surface area contributed by atoms with Crippen molar-refractivity contribution >= 4 is 11.9 Å². The van der Waals surface area contributed by atoms with E-state index in [9.17, 15) is 9.59 Å². The first-order chi connectivity index (χ1) is 10.1. The number of carbonyl (C=O) groups excluding carboxylic acids is 1. The summed E-state index contributed by atoms with van der Waals surface area (Å²) in [6.07, 6.45) is 9.58. The number of aliphatic carboxylic acids is 1. The van der Waals surface area contributed by atoms with Crippen LogP contribution in [0.5, 0.6) is 0 Å². The van der Waals surface area contributed by atoms with E-state index in [1.807, 2.05) is 4.90 Å². The molecule has 116 valence electrons. The van der Waals surface area contributed by atoms with Gasteiger partial charge in [0.1, 0.15) is 0 Å². The number of carboxylic acid groups (broad SMARTS) is 1. The molecule has 4 nitrogen and oxygen atoms in total. The number of carboxylic acids is 1. The molecule has 0 heterocycles. The van der Waals surface area contributed by atoms with Crippen LogP contribution in [0.25, 0.3) is 0 Å². The summed E-state index contributed by atoms with van der Waals surface area (Å²) in [6.45, 7) is 0.427. The van der Waals surface area contributed by atoms with Crippen molar-refractivity contribution in [2.45, 2.75) is 63.3 Å². The average molecular weight is 291 g/mol. The van der Waals surface area contributed by atoms with Gasteiger partial charge in [-0.3, -0.25) is 9.59 Å². The van der Waals surface area contributed by atoms with Gasteiger partial charge in [-0.15, -0.1) is 0 Å². The Bertz CT molecular complexity index is 433. The molecule has 5 aliphatic carbocycles. The second-order valence-electron chi connectivity index (χ2n) is 8.05. The molecule has 0 aromatic carbocycles. The van der Waals surface area contributed by atoms with Gasteiger partial charge in [-0.2, -0.15) is 0 Å². The molecule has 0 atom stereocenters. The summed E-state index contributed by atoms with van der Waals surface area (Å²) in [6, 6.07) is 0. The van der Waals surface area contributed by atoms with E-state index in [0.717, 1.165) is 49.9 Å². The van der Waals surface area contributed by atoms with Gasteiger partial charge in [0.2, 0.25) is 5.91 Å². The summed E-state index contributed by atoms with van der Waals surface area (Å²) in [7, 11) is 0. The van der Waals surface area contributed by atoms with E-state index in [0.29, 0.717) is 6.54 Å². The number of rotatable bonds is 5. The van der Waals surface area contributed by atoms with Crippen molar-refractivity contribution in [3.63, 3.8) is 0 Å². The normalized spacial score (nSPS) is 40.3. The smallest absolute Gasteiger partial charge is 0.305 e. The third-order valence-corrected chi connectivity index (χ3v) is 6.32. The van der Waals surface area contributed by atoms with E-state index in [4.69, 9.17) is 5.11 Å². The lowest BCUT2D eigenvalue weighted by Gasteiger charge is -2.60. The minimum Gasteiger partial charge on any atom is -0.481 e. The number of hydrogen-bond donors (Lipinski definition) is 1. The lowest BCUT2D eigenvalue weighted by Crippen LogP contribution is -2.62. The molecule has 0 saturated heterocycles. The van der Waals surface area contributed by atoms with Gasteiger partial charge in [-0.05, 0) is 69.1 Å². The number of amides is 1. The van der Waals surface area contributed by atoms with Gasteiger partial charge in [0.25, 0.3) is 0 Å². The van der Waals surface area contributed by atoms with Crippen LogP contribution < -0.4 is 0 Å². The van der Waals surface area contributed by atoms with Gasteiger partial charge in [0.15, 0.2) is 0 Å². The fraction of sp³-hybridized carbons (Fsp3) is 0.882. The maximum atomic E-state index is 12.8. The first-order valence-corrected chi connectivity index (χ1v) is 8.59. The summed E-state index contributed by atoms with van der Waals surface area (Å²) in [5.41, 5.74) is 0.0177. The Morgan fingerprint density at radius 2 is 1.52 bits per heavy atom. The van der Waals surface area contributed by atoms with Gasteiger partial charge in [0.05, 0.1) is 6.42 Å². The Kier molecular flexibility index (Phi) is 3.05. The average Bonchev–Trinajstić information content (AvgIpc) is 3.20. The van der Waals surface area contributed by atoms with Gasteiger partial charge in [0, 0.05) is 18.0 Å². The van der Waals surface area contributed by atoms with Gasteiger partial charge in [-0.25, -0.2) is 0 Å². The number of nitrogens with zero attached hydrogens (tertiary/aromatic N) is 1. The largest absolute Gasteiger partial charge is 0.481 e. The van der Waals surface area contributed by atoms with Crippen molar-refractivity contribution in [1.29, 1.82) is 0 Å². The molecule has 0 aromatic heterocycles. The van der Waals surface area contributed by atoms with Crippen LogP contribution in [-0.2, 0) is 9.59 Å². The van der Waals surface area contributed by atoms with E-state index in [2.05, 4.69) is 0 Å². The van der Waals surface area contributed by atoms with Crippen molar-refractivity contribution < 1.29 is 14.7 Å². The van der Waals surface area contributed by atoms with E-state index in [-0.39, 0.29) is 23.8 Å². The Hall–Kier alpha value is -1.06. The molecule has 1 N–H and O–H groups in total. The van der Waals surface area contributed by atoms with Crippen LogP contribution in [0, 0.1) is 23.7 Å². The van der Waals surface area contributed by atoms with Gasteiger partial charge in [-0.1, -0.05) is 0 Å². The highest BCUT2D eigenvalue weighted by atomic mass is 16.4. The predicted octanol–water partition coefficient (Wildman–Crippen LogP) is 2.67. The maximum absolute atomic E-state index is 12.8. The predicted molar refractivity (Wildman–Crippen MR) is 77.6 cm³/mol. The fourth-order valence-corrected chi connectivity index (χ4v) is 5.73. The molecule has 1 amide bonds. The minimum atomic E-state index is -0.784. The summed E-state index contributed by atoms with van der Waals surface area (Å²) >= 11 is 0. The van der Waals surface area contributed by atoms with Crippen LogP contribution in [0.2, 0.25) is 0 Å². The Labute approximate surface area is 125 Å². The van der Waals surface area contributed by atoms with E-state index < -0.39 is 5.97 Å². The molecule has 0 aliphatic heterocycles. The monoisotopic (exact) mass is 291 g/mol. The zero-order chi connectivity index (χ0) is 14.6. The first-order valence-electron chi connectivity index (χ1n) is 8.59. The SMILES string of the molecule is O=C(O)CCN(C(=O)C1CC1)C12CC3CC(CC(C3)C1)C2. The molecular weight excluding hydrogens is 266 g/mol. The van der Waals surface area contributed by atoms with Crippen LogP contribution in [0.3, 0.4) is 0 Å². The molecule has 0 radical (unpaired) electrons. The minimum absolute atomic E-state index is 0.0177. The quantitative estimate of drug-likeness (QED) is 0.847. The Balaban J connectivity index is 1.59. The highest BCUT2D eigenvalue weighted by molar-refractivity contribution is 5.82. The van der Waals surface area contributed by atoms with Crippen molar-refractivity contribution in [2.24, 2.45) is 23.7 Å². The number of hydrogen-bond acceptors (Lipinski definition) is 2. The Morgan fingerprint density at radius 1 is 1.00 bits per heavy atom. The zero-order valence-electron chi connectivity index (χ0n) is 12.6. The molecule has 5 aliphatic rings. The van der Waals surface area contributed by atoms with Crippen molar-refractivity contribution in [3.05, 3.63) is 0 Å². The number of carbonyl (C=O) groups is 2. The molecular formula is C17H25NO3. The molecule has 4 bridgehead atoms. The molecule has 0 aromatic rings. The second kappa shape index (κ2) is 4.72. The summed E-state index contributed by atoms with van der Waals surface area (Å²) in [4.78, 5) is 25.8. The van der Waals surface area contributed by atoms with Crippen LogP contribution in [-0.4, -0.2) is 34.0 Å². The highest BCUT2D eigenvalue weighted by Crippen LogP contribution is 2.58. The topological polar surface area (TPSA) is 57.6 Å². The van der Waals surface area contributed by atoms with Crippen LogP contribution in [0.15, 0.2) is 0 Å². The van der Waals surface area contributed by atoms with Crippen LogP contribution in [0.4, 0.5) is 0 Å². The molecule has 21 heavy (non-hydrogen) atoms. The lowest BCUT2D eigenvalue weighted by molar-refractivity contribution is -0.154. The van der Waals surface area contributed by atoms with Crippen LogP contribution >= 0.6 is 0 Å². The molecule has 0 unspecified atom stereocenters. The third kappa shape index (κ3) is 2.36. The molecule has 5 fully saturated rings. The molecule has 5 rings (SSSR count). The summed E-state index contributed by atoms with van der Waals surface area (Å²) in [5.74, 6) is 2.04. The zero-order valence-corrected chi connectivity index (χ0v) is 12.6. The summed E-state index contributed by atoms with van der Waals surface area (Å²) < 4.78 is 0. The van der Waals surface area contributed by atoms with Gasteiger partial charge >= 0.3 is 5.97 Å². The van der Waals surface area contributed by atoms with E-state index >= 15 is 0 Å². The van der Waals surface area contributed by atoms with Crippen LogP contribution in [0.1, 0.15) is 57.8 Å². The van der Waals surface area contributed by atoms with Gasteiger partial charge < -0.3 is 10.0 Å². The fourth-order valence-electron chi connectivity index (χ4n) is 5.73. The van der Waals surface area contributed by atoms with E-state index in [1.165, 1.54) is 19.3 Å². The molecule has 0 spiro atoms.